The minimum Gasteiger partial charge on any atom is -0.478 e. The van der Waals surface area contributed by atoms with Crippen LogP contribution < -0.4 is 0 Å². The minimum absolute atomic E-state index is 0.106. The standard InChI is InChI=1S/C24H26ClNO3/c1-4-7-20-23(22(27)12-15(2)3)18-11-10-16(24(28)29)13-21(18)26(20)14-17-8-5-6-9-19(17)25/h5-6,8-11,13,15H,4,7,12,14H2,1-3H3,(H,28,29). The van der Waals surface area contributed by atoms with Crippen molar-refractivity contribution in [2.75, 3.05) is 0 Å². The number of hydrogen-bond acceptors (Lipinski definition) is 2. The van der Waals surface area contributed by atoms with Crippen LogP contribution in [0, 0.1) is 5.92 Å². The van der Waals surface area contributed by atoms with Crippen molar-refractivity contribution in [1.82, 2.24) is 4.57 Å². The van der Waals surface area contributed by atoms with Crippen LogP contribution in [0.25, 0.3) is 10.9 Å². The van der Waals surface area contributed by atoms with Crippen molar-refractivity contribution >= 4 is 34.3 Å². The van der Waals surface area contributed by atoms with Crippen LogP contribution in [0.5, 0.6) is 0 Å². The molecule has 0 bridgehead atoms. The predicted molar refractivity (Wildman–Crippen MR) is 117 cm³/mol. The molecule has 1 N–H and O–H groups in total. The van der Waals surface area contributed by atoms with E-state index in [1.807, 2.05) is 38.1 Å². The Labute approximate surface area is 176 Å². The lowest BCUT2D eigenvalue weighted by Gasteiger charge is -2.13. The number of carboxylic acids is 1. The molecule has 1 aromatic heterocycles. The third-order valence-electron chi connectivity index (χ3n) is 5.06. The SMILES string of the molecule is CCCc1c(C(=O)CC(C)C)c2ccc(C(=O)O)cc2n1Cc1ccccc1Cl. The van der Waals surface area contributed by atoms with Gasteiger partial charge in [-0.2, -0.15) is 0 Å². The average molecular weight is 412 g/mol. The van der Waals surface area contributed by atoms with Crippen LogP contribution >= 0.6 is 11.6 Å². The molecule has 0 unspecified atom stereocenters. The molecule has 3 aromatic rings. The first-order valence-electron chi connectivity index (χ1n) is 9.98. The Hall–Kier alpha value is -2.59. The van der Waals surface area contributed by atoms with E-state index in [4.69, 9.17) is 11.6 Å². The fraction of sp³-hybridized carbons (Fsp3) is 0.333. The molecule has 0 aliphatic rings. The first-order chi connectivity index (χ1) is 13.8. The Morgan fingerprint density at radius 3 is 2.48 bits per heavy atom. The fourth-order valence-electron chi connectivity index (χ4n) is 3.79. The number of benzene rings is 2. The third-order valence-corrected chi connectivity index (χ3v) is 5.43. The van der Waals surface area contributed by atoms with Crippen LogP contribution in [0.2, 0.25) is 5.02 Å². The third kappa shape index (κ3) is 4.38. The van der Waals surface area contributed by atoms with Crippen LogP contribution in [0.4, 0.5) is 0 Å². The summed E-state index contributed by atoms with van der Waals surface area (Å²) in [5, 5.41) is 10.9. The second kappa shape index (κ2) is 8.83. The van der Waals surface area contributed by atoms with Crippen molar-refractivity contribution in [3.63, 3.8) is 0 Å². The van der Waals surface area contributed by atoms with E-state index in [2.05, 4.69) is 11.5 Å². The molecule has 0 saturated carbocycles. The van der Waals surface area contributed by atoms with Gasteiger partial charge in [-0.3, -0.25) is 4.79 Å². The van der Waals surface area contributed by atoms with Crippen LogP contribution in [-0.4, -0.2) is 21.4 Å². The second-order valence-corrected chi connectivity index (χ2v) is 8.21. The van der Waals surface area contributed by atoms with Crippen molar-refractivity contribution in [2.45, 2.75) is 46.6 Å². The lowest BCUT2D eigenvalue weighted by molar-refractivity contribution is 0.0696. The van der Waals surface area contributed by atoms with Gasteiger partial charge in [0.2, 0.25) is 0 Å². The monoisotopic (exact) mass is 411 g/mol. The van der Waals surface area contributed by atoms with E-state index >= 15 is 0 Å². The minimum atomic E-state index is -0.982. The molecule has 2 aromatic carbocycles. The Morgan fingerprint density at radius 2 is 1.86 bits per heavy atom. The van der Waals surface area contributed by atoms with E-state index in [9.17, 15) is 14.7 Å². The first-order valence-corrected chi connectivity index (χ1v) is 10.4. The van der Waals surface area contributed by atoms with Gasteiger partial charge in [0, 0.05) is 34.6 Å². The lowest BCUT2D eigenvalue weighted by atomic mass is 9.97. The molecule has 0 radical (unpaired) electrons. The zero-order valence-corrected chi connectivity index (χ0v) is 17.8. The maximum atomic E-state index is 13.2. The maximum Gasteiger partial charge on any atom is 0.335 e. The van der Waals surface area contributed by atoms with Gasteiger partial charge in [-0.05, 0) is 36.1 Å². The summed E-state index contributed by atoms with van der Waals surface area (Å²) < 4.78 is 2.07. The van der Waals surface area contributed by atoms with Gasteiger partial charge in [0.25, 0.3) is 0 Å². The van der Waals surface area contributed by atoms with Crippen molar-refractivity contribution in [1.29, 1.82) is 0 Å². The molecule has 1 heterocycles. The molecule has 152 valence electrons. The molecule has 0 atom stereocenters. The molecule has 4 nitrogen and oxygen atoms in total. The van der Waals surface area contributed by atoms with Gasteiger partial charge < -0.3 is 9.67 Å². The summed E-state index contributed by atoms with van der Waals surface area (Å²) in [5.41, 5.74) is 3.59. The summed E-state index contributed by atoms with van der Waals surface area (Å²) in [6.45, 7) is 6.63. The van der Waals surface area contributed by atoms with Gasteiger partial charge in [-0.1, -0.05) is 63.1 Å². The molecular weight excluding hydrogens is 386 g/mol. The summed E-state index contributed by atoms with van der Waals surface area (Å²) in [4.78, 5) is 24.7. The Bertz CT molecular complexity index is 1070. The highest BCUT2D eigenvalue weighted by Crippen LogP contribution is 2.32. The number of carbonyl (C=O) groups is 2. The van der Waals surface area contributed by atoms with Gasteiger partial charge in [0.05, 0.1) is 11.1 Å². The van der Waals surface area contributed by atoms with Gasteiger partial charge in [-0.15, -0.1) is 0 Å². The molecule has 0 fully saturated rings. The van der Waals surface area contributed by atoms with Crippen molar-refractivity contribution in [3.8, 4) is 0 Å². The topological polar surface area (TPSA) is 59.3 Å². The van der Waals surface area contributed by atoms with Gasteiger partial charge in [-0.25, -0.2) is 4.79 Å². The maximum absolute atomic E-state index is 13.2. The predicted octanol–water partition coefficient (Wildman–Crippen LogP) is 6.22. The Balaban J connectivity index is 2.29. The number of nitrogens with zero attached hydrogens (tertiary/aromatic N) is 1. The lowest BCUT2D eigenvalue weighted by Crippen LogP contribution is -2.10. The Kier molecular flexibility index (Phi) is 6.43. The van der Waals surface area contributed by atoms with Crippen LogP contribution in [-0.2, 0) is 13.0 Å². The number of Topliss-reactive ketones (excluding diaryl/α,β-unsaturated/α-hetero) is 1. The molecule has 5 heteroatoms. The van der Waals surface area contributed by atoms with E-state index in [0.29, 0.717) is 18.0 Å². The largest absolute Gasteiger partial charge is 0.478 e. The number of aromatic carboxylic acids is 1. The zero-order chi connectivity index (χ0) is 21.1. The van der Waals surface area contributed by atoms with Gasteiger partial charge in [0.15, 0.2) is 5.78 Å². The van der Waals surface area contributed by atoms with Crippen LogP contribution in [0.1, 0.15) is 65.6 Å². The number of hydrogen-bond donors (Lipinski definition) is 1. The smallest absolute Gasteiger partial charge is 0.335 e. The van der Waals surface area contributed by atoms with Crippen molar-refractivity contribution in [2.24, 2.45) is 5.92 Å². The highest BCUT2D eigenvalue weighted by Gasteiger charge is 2.24. The summed E-state index contributed by atoms with van der Waals surface area (Å²) >= 11 is 6.40. The second-order valence-electron chi connectivity index (χ2n) is 7.81. The normalized spacial score (nSPS) is 11.3. The number of halogens is 1. The summed E-state index contributed by atoms with van der Waals surface area (Å²) in [6, 6.07) is 12.6. The molecule has 0 aliphatic heterocycles. The number of fused-ring (bicyclic) bond motifs is 1. The molecule has 0 aliphatic carbocycles. The van der Waals surface area contributed by atoms with Crippen LogP contribution in [0.15, 0.2) is 42.5 Å². The zero-order valence-electron chi connectivity index (χ0n) is 17.0. The van der Waals surface area contributed by atoms with Gasteiger partial charge >= 0.3 is 5.97 Å². The molecular formula is C24H26ClNO3. The fourth-order valence-corrected chi connectivity index (χ4v) is 3.99. The van der Waals surface area contributed by atoms with Gasteiger partial charge in [0.1, 0.15) is 0 Å². The molecule has 29 heavy (non-hydrogen) atoms. The highest BCUT2D eigenvalue weighted by atomic mass is 35.5. The van der Waals surface area contributed by atoms with Crippen LogP contribution in [0.3, 0.4) is 0 Å². The summed E-state index contributed by atoms with van der Waals surface area (Å²) in [7, 11) is 0. The van der Waals surface area contributed by atoms with E-state index in [1.165, 1.54) is 0 Å². The van der Waals surface area contributed by atoms with Crippen molar-refractivity contribution < 1.29 is 14.7 Å². The summed E-state index contributed by atoms with van der Waals surface area (Å²) in [5.74, 6) is -0.629. The van der Waals surface area contributed by atoms with E-state index in [0.717, 1.165) is 40.6 Å². The number of carboxylic acid groups (broad SMARTS) is 1. The molecule has 0 saturated heterocycles. The number of rotatable bonds is 8. The number of ketones is 1. The van der Waals surface area contributed by atoms with E-state index in [-0.39, 0.29) is 17.3 Å². The molecule has 0 amide bonds. The first kappa shape index (κ1) is 21.1. The highest BCUT2D eigenvalue weighted by molar-refractivity contribution is 6.31. The Morgan fingerprint density at radius 1 is 1.14 bits per heavy atom. The number of carbonyl (C=O) groups excluding carboxylic acids is 1. The van der Waals surface area contributed by atoms with Crippen molar-refractivity contribution in [3.05, 3.63) is 69.9 Å². The number of aromatic nitrogens is 1. The summed E-state index contributed by atoms with van der Waals surface area (Å²) in [6.07, 6.45) is 2.08. The van der Waals surface area contributed by atoms with E-state index in [1.54, 1.807) is 18.2 Å². The quantitative estimate of drug-likeness (QED) is 0.447. The average Bonchev–Trinajstić information content (AvgIpc) is 2.96. The molecule has 0 spiro atoms. The molecule has 3 rings (SSSR count). The van der Waals surface area contributed by atoms with E-state index < -0.39 is 5.97 Å².